The van der Waals surface area contributed by atoms with Gasteiger partial charge in [-0.2, -0.15) is 0 Å². The number of likely N-dealkylation sites (N-methyl/N-ethyl adjacent to an activating group) is 1. The Kier molecular flexibility index (Phi) is 6.01. The van der Waals surface area contributed by atoms with Crippen LogP contribution in [0.5, 0.6) is 0 Å². The summed E-state index contributed by atoms with van der Waals surface area (Å²) in [7, 11) is 1.56. The average Bonchev–Trinajstić information content (AvgIpc) is 3.03. The summed E-state index contributed by atoms with van der Waals surface area (Å²) < 4.78 is 20.4. The van der Waals surface area contributed by atoms with E-state index in [-0.39, 0.29) is 18.3 Å². The van der Waals surface area contributed by atoms with E-state index in [0.29, 0.717) is 28.9 Å². The van der Waals surface area contributed by atoms with Crippen molar-refractivity contribution < 1.29 is 13.9 Å². The van der Waals surface area contributed by atoms with Gasteiger partial charge in [0.05, 0.1) is 11.5 Å². The van der Waals surface area contributed by atoms with Crippen LogP contribution in [0, 0.1) is 5.82 Å². The van der Waals surface area contributed by atoms with Gasteiger partial charge in [0.15, 0.2) is 0 Å². The van der Waals surface area contributed by atoms with E-state index in [9.17, 15) is 9.18 Å². The number of carbonyl (C=O) groups excluding carboxylic acids is 1. The molecule has 0 saturated heterocycles. The molecule has 3 nitrogen and oxygen atoms in total. The summed E-state index contributed by atoms with van der Waals surface area (Å²) in [6, 6.07) is 15.0. The van der Waals surface area contributed by atoms with Crippen molar-refractivity contribution in [3.8, 4) is 0 Å². The normalized spacial score (nSPS) is 11.0. The first-order valence-corrected chi connectivity index (χ1v) is 9.49. The Morgan fingerprint density at radius 3 is 2.62 bits per heavy atom. The van der Waals surface area contributed by atoms with Crippen molar-refractivity contribution in [2.24, 2.45) is 0 Å². The Labute approximate surface area is 157 Å². The average molecular weight is 371 g/mol. The minimum absolute atomic E-state index is 0.0592. The molecule has 0 fully saturated rings. The van der Waals surface area contributed by atoms with Gasteiger partial charge in [0, 0.05) is 35.8 Å². The van der Waals surface area contributed by atoms with E-state index >= 15 is 0 Å². The molecule has 0 N–H and O–H groups in total. The van der Waals surface area contributed by atoms with Gasteiger partial charge in [-0.3, -0.25) is 4.79 Å². The van der Waals surface area contributed by atoms with E-state index in [1.807, 2.05) is 36.1 Å². The summed E-state index contributed by atoms with van der Waals surface area (Å²) in [5.74, 6) is -0.367. The molecule has 0 unspecified atom stereocenters. The summed E-state index contributed by atoms with van der Waals surface area (Å²) in [5.41, 5.74) is 1.84. The lowest BCUT2D eigenvalue weighted by molar-refractivity contribution is 0.0767. The second kappa shape index (κ2) is 8.43. The van der Waals surface area contributed by atoms with Crippen LogP contribution in [-0.2, 0) is 17.8 Å². The number of rotatable bonds is 7. The topological polar surface area (TPSA) is 29.5 Å². The van der Waals surface area contributed by atoms with Crippen LogP contribution in [0.4, 0.5) is 4.39 Å². The molecular formula is C21H22FNO2S. The van der Waals surface area contributed by atoms with Crippen molar-refractivity contribution in [1.29, 1.82) is 0 Å². The van der Waals surface area contributed by atoms with Gasteiger partial charge >= 0.3 is 0 Å². The molecule has 0 spiro atoms. The molecule has 136 valence electrons. The SMILES string of the molecule is CCN(CCc1ccccc1)C(=O)c1sc2cccc(F)c2c1COC. The molecule has 0 bridgehead atoms. The van der Waals surface area contributed by atoms with Crippen LogP contribution in [0.1, 0.15) is 27.7 Å². The van der Waals surface area contributed by atoms with Crippen molar-refractivity contribution in [3.63, 3.8) is 0 Å². The number of methoxy groups -OCH3 is 1. The molecule has 0 radical (unpaired) electrons. The van der Waals surface area contributed by atoms with Gasteiger partial charge in [0.2, 0.25) is 0 Å². The molecule has 0 aliphatic carbocycles. The molecule has 1 aromatic heterocycles. The number of nitrogens with zero attached hydrogens (tertiary/aromatic N) is 1. The van der Waals surface area contributed by atoms with Crippen LogP contribution in [0.25, 0.3) is 10.1 Å². The van der Waals surface area contributed by atoms with Gasteiger partial charge < -0.3 is 9.64 Å². The third kappa shape index (κ3) is 3.79. The number of benzene rings is 2. The molecule has 5 heteroatoms. The second-order valence-corrected chi connectivity index (χ2v) is 7.13. The summed E-state index contributed by atoms with van der Waals surface area (Å²) >= 11 is 1.34. The lowest BCUT2D eigenvalue weighted by Crippen LogP contribution is -2.32. The van der Waals surface area contributed by atoms with E-state index in [4.69, 9.17) is 4.74 Å². The number of hydrogen-bond acceptors (Lipinski definition) is 3. The zero-order valence-corrected chi connectivity index (χ0v) is 15.8. The highest BCUT2D eigenvalue weighted by Crippen LogP contribution is 2.34. The Bertz CT molecular complexity index is 892. The van der Waals surface area contributed by atoms with Crippen LogP contribution in [0.2, 0.25) is 0 Å². The molecule has 3 rings (SSSR count). The maximum Gasteiger partial charge on any atom is 0.264 e. The zero-order valence-electron chi connectivity index (χ0n) is 15.0. The van der Waals surface area contributed by atoms with E-state index in [0.717, 1.165) is 11.1 Å². The molecule has 0 saturated carbocycles. The van der Waals surface area contributed by atoms with E-state index < -0.39 is 0 Å². The predicted molar refractivity (Wildman–Crippen MR) is 104 cm³/mol. The van der Waals surface area contributed by atoms with Gasteiger partial charge in [0.25, 0.3) is 5.91 Å². The Hall–Kier alpha value is -2.24. The van der Waals surface area contributed by atoms with E-state index in [2.05, 4.69) is 12.1 Å². The summed E-state index contributed by atoms with van der Waals surface area (Å²) in [4.78, 5) is 15.5. The third-order valence-electron chi connectivity index (χ3n) is 4.43. The maximum atomic E-state index is 14.3. The molecule has 0 aliphatic heterocycles. The first kappa shape index (κ1) is 18.5. The first-order chi connectivity index (χ1) is 12.7. The molecule has 26 heavy (non-hydrogen) atoms. The van der Waals surface area contributed by atoms with Gasteiger partial charge in [-0.15, -0.1) is 11.3 Å². The number of thiophene rings is 1. The van der Waals surface area contributed by atoms with Crippen molar-refractivity contribution in [3.05, 3.63) is 70.4 Å². The molecule has 1 heterocycles. The van der Waals surface area contributed by atoms with Crippen molar-refractivity contribution in [2.45, 2.75) is 20.0 Å². The first-order valence-electron chi connectivity index (χ1n) is 8.67. The van der Waals surface area contributed by atoms with Gasteiger partial charge in [0.1, 0.15) is 5.82 Å². The van der Waals surface area contributed by atoms with E-state index in [1.165, 1.54) is 23.0 Å². The number of ether oxygens (including phenoxy) is 1. The lowest BCUT2D eigenvalue weighted by Gasteiger charge is -2.21. The predicted octanol–water partition coefficient (Wildman–Crippen LogP) is 4.89. The maximum absolute atomic E-state index is 14.3. The minimum atomic E-state index is -0.308. The van der Waals surface area contributed by atoms with Crippen LogP contribution in [0.3, 0.4) is 0 Å². The molecule has 2 aromatic carbocycles. The largest absolute Gasteiger partial charge is 0.380 e. The Balaban J connectivity index is 1.89. The minimum Gasteiger partial charge on any atom is -0.380 e. The number of fused-ring (bicyclic) bond motifs is 1. The second-order valence-electron chi connectivity index (χ2n) is 6.08. The van der Waals surface area contributed by atoms with Crippen molar-refractivity contribution in [2.75, 3.05) is 20.2 Å². The molecule has 3 aromatic rings. The number of amides is 1. The van der Waals surface area contributed by atoms with Gasteiger partial charge in [-0.1, -0.05) is 36.4 Å². The lowest BCUT2D eigenvalue weighted by atomic mass is 10.1. The fraction of sp³-hybridized carbons (Fsp3) is 0.286. The highest BCUT2D eigenvalue weighted by atomic mass is 32.1. The summed E-state index contributed by atoms with van der Waals surface area (Å²) in [5, 5.41) is 0.502. The molecule has 0 aliphatic rings. The quantitative estimate of drug-likeness (QED) is 0.592. The molecule has 1 amide bonds. The Morgan fingerprint density at radius 2 is 1.92 bits per heavy atom. The molecular weight excluding hydrogens is 349 g/mol. The fourth-order valence-corrected chi connectivity index (χ4v) is 4.27. The monoisotopic (exact) mass is 371 g/mol. The van der Waals surface area contributed by atoms with Crippen LogP contribution < -0.4 is 0 Å². The van der Waals surface area contributed by atoms with E-state index in [1.54, 1.807) is 13.2 Å². The number of halogens is 1. The number of carbonyl (C=O) groups is 1. The summed E-state index contributed by atoms with van der Waals surface area (Å²) in [6.45, 7) is 3.42. The van der Waals surface area contributed by atoms with Gasteiger partial charge in [-0.05, 0) is 31.0 Å². The van der Waals surface area contributed by atoms with Crippen LogP contribution >= 0.6 is 11.3 Å². The highest BCUT2D eigenvalue weighted by Gasteiger charge is 2.24. The van der Waals surface area contributed by atoms with Crippen LogP contribution in [0.15, 0.2) is 48.5 Å². The summed E-state index contributed by atoms with van der Waals surface area (Å²) in [6.07, 6.45) is 0.791. The molecule has 0 atom stereocenters. The third-order valence-corrected chi connectivity index (χ3v) is 5.61. The zero-order chi connectivity index (χ0) is 18.5. The Morgan fingerprint density at radius 1 is 1.15 bits per heavy atom. The number of hydrogen-bond donors (Lipinski definition) is 0. The standard InChI is InChI=1S/C21H22FNO2S/c1-3-23(13-12-15-8-5-4-6-9-15)21(24)20-16(14-25-2)19-17(22)10-7-11-18(19)26-20/h4-11H,3,12-14H2,1-2H3. The van der Waals surface area contributed by atoms with Gasteiger partial charge in [-0.25, -0.2) is 4.39 Å². The van der Waals surface area contributed by atoms with Crippen LogP contribution in [-0.4, -0.2) is 31.0 Å². The smallest absolute Gasteiger partial charge is 0.264 e. The fourth-order valence-electron chi connectivity index (χ4n) is 3.08. The van der Waals surface area contributed by atoms with Crippen molar-refractivity contribution >= 4 is 27.3 Å². The highest BCUT2D eigenvalue weighted by molar-refractivity contribution is 7.21. The van der Waals surface area contributed by atoms with Crippen molar-refractivity contribution in [1.82, 2.24) is 4.90 Å².